The minimum absolute atomic E-state index is 0.0328. The van der Waals surface area contributed by atoms with E-state index in [9.17, 15) is 19.0 Å². The summed E-state index contributed by atoms with van der Waals surface area (Å²) in [5, 5.41) is 0. The Balaban J connectivity index is 4.38. The molecule has 2 atom stereocenters. The van der Waals surface area contributed by atoms with Crippen molar-refractivity contribution in [3.05, 3.63) is 24.3 Å². The topological polar surface area (TPSA) is 111 Å². The zero-order valence-corrected chi connectivity index (χ0v) is 35.2. The van der Waals surface area contributed by atoms with Crippen molar-refractivity contribution in [2.24, 2.45) is 0 Å². The molecule has 0 bridgehead atoms. The second-order valence-corrected chi connectivity index (χ2v) is 16.8. The van der Waals surface area contributed by atoms with Gasteiger partial charge in [-0.3, -0.25) is 14.2 Å². The Morgan fingerprint density at radius 2 is 0.981 bits per heavy atom. The molecular formula is C42H80NO8P. The Labute approximate surface area is 319 Å². The Morgan fingerprint density at radius 1 is 0.577 bits per heavy atom. The third kappa shape index (κ3) is 38.2. The van der Waals surface area contributed by atoms with Gasteiger partial charge in [-0.1, -0.05) is 128 Å². The van der Waals surface area contributed by atoms with Crippen molar-refractivity contribution in [1.82, 2.24) is 0 Å². The largest absolute Gasteiger partial charge is 0.756 e. The fraction of sp³-hybridized carbons (Fsp3) is 0.857. The number of phosphoric acid groups is 1. The molecule has 0 saturated heterocycles. The lowest BCUT2D eigenvalue weighted by atomic mass is 10.1. The van der Waals surface area contributed by atoms with Crippen LogP contribution in [-0.4, -0.2) is 70.0 Å². The molecule has 0 aliphatic carbocycles. The molecule has 9 nitrogen and oxygen atoms in total. The van der Waals surface area contributed by atoms with Crippen LogP contribution in [-0.2, 0) is 32.7 Å². The van der Waals surface area contributed by atoms with Crippen molar-refractivity contribution >= 4 is 19.8 Å². The normalized spacial score (nSPS) is 13.9. The van der Waals surface area contributed by atoms with Crippen molar-refractivity contribution in [2.75, 3.05) is 47.5 Å². The first-order valence-electron chi connectivity index (χ1n) is 21.0. The molecule has 0 heterocycles. The number of phosphoric ester groups is 1. The van der Waals surface area contributed by atoms with Gasteiger partial charge in [-0.05, 0) is 64.2 Å². The summed E-state index contributed by atoms with van der Waals surface area (Å²) < 4.78 is 33.8. The van der Waals surface area contributed by atoms with Crippen LogP contribution in [0, 0.1) is 0 Å². The summed E-state index contributed by atoms with van der Waals surface area (Å²) in [6, 6.07) is 0. The quantitative estimate of drug-likeness (QED) is 0.0201. The average Bonchev–Trinajstić information content (AvgIpc) is 3.09. The number of unbranched alkanes of at least 4 members (excludes halogenated alkanes) is 20. The van der Waals surface area contributed by atoms with Gasteiger partial charge >= 0.3 is 11.9 Å². The molecule has 0 radical (unpaired) electrons. The van der Waals surface area contributed by atoms with Gasteiger partial charge in [-0.2, -0.15) is 0 Å². The molecule has 0 aromatic rings. The number of hydrogen-bond acceptors (Lipinski definition) is 8. The van der Waals surface area contributed by atoms with Crippen LogP contribution in [0.2, 0.25) is 0 Å². The standard InChI is InChI=1S/C42H80NO8P/c1-6-8-10-12-14-16-18-20-21-22-23-25-26-28-30-32-34-41(44)48-38-40(39-50-52(46,47)49-37-36-43(3,4)5)51-42(45)35-33-31-29-27-24-19-17-15-13-11-9-7-2/h15,17,21-22,40H,6-14,16,18-20,23-39H2,1-5H3/b17-15-,22-21-/t40-/m1/s1. The molecule has 0 N–H and O–H groups in total. The maximum Gasteiger partial charge on any atom is 0.306 e. The second-order valence-electron chi connectivity index (χ2n) is 15.3. The maximum absolute atomic E-state index is 12.6. The molecule has 0 fully saturated rings. The van der Waals surface area contributed by atoms with Gasteiger partial charge in [0, 0.05) is 12.8 Å². The van der Waals surface area contributed by atoms with Gasteiger partial charge in [0.05, 0.1) is 27.7 Å². The first-order chi connectivity index (χ1) is 25.0. The van der Waals surface area contributed by atoms with E-state index in [0.29, 0.717) is 17.4 Å². The molecule has 0 aromatic carbocycles. The molecule has 1 unspecified atom stereocenters. The lowest BCUT2D eigenvalue weighted by Gasteiger charge is -2.28. The lowest BCUT2D eigenvalue weighted by molar-refractivity contribution is -0.870. The highest BCUT2D eigenvalue weighted by atomic mass is 31.2. The van der Waals surface area contributed by atoms with Gasteiger partial charge in [0.15, 0.2) is 6.10 Å². The molecule has 10 heteroatoms. The number of quaternary nitrogens is 1. The average molecular weight is 758 g/mol. The highest BCUT2D eigenvalue weighted by Crippen LogP contribution is 2.38. The minimum Gasteiger partial charge on any atom is -0.756 e. The van der Waals surface area contributed by atoms with Crippen LogP contribution in [0.4, 0.5) is 0 Å². The van der Waals surface area contributed by atoms with E-state index in [4.69, 9.17) is 18.5 Å². The van der Waals surface area contributed by atoms with Crippen LogP contribution >= 0.6 is 7.82 Å². The van der Waals surface area contributed by atoms with Gasteiger partial charge in [0.2, 0.25) is 0 Å². The van der Waals surface area contributed by atoms with E-state index in [1.54, 1.807) is 0 Å². The van der Waals surface area contributed by atoms with Crippen molar-refractivity contribution in [3.63, 3.8) is 0 Å². The summed E-state index contributed by atoms with van der Waals surface area (Å²) in [4.78, 5) is 37.4. The third-order valence-electron chi connectivity index (χ3n) is 8.94. The molecular weight excluding hydrogens is 677 g/mol. The summed E-state index contributed by atoms with van der Waals surface area (Å²) >= 11 is 0. The van der Waals surface area contributed by atoms with E-state index in [1.165, 1.54) is 70.6 Å². The Bertz CT molecular complexity index is 949. The lowest BCUT2D eigenvalue weighted by Crippen LogP contribution is -2.37. The van der Waals surface area contributed by atoms with Crippen LogP contribution < -0.4 is 4.89 Å². The van der Waals surface area contributed by atoms with Crippen LogP contribution in [0.5, 0.6) is 0 Å². The Morgan fingerprint density at radius 3 is 1.46 bits per heavy atom. The number of allylic oxidation sites excluding steroid dienone is 4. The van der Waals surface area contributed by atoms with Crippen LogP contribution in [0.1, 0.15) is 181 Å². The number of hydrogen-bond donors (Lipinski definition) is 0. The number of carbonyl (C=O) groups excluding carboxylic acids is 2. The number of likely N-dealkylation sites (N-methyl/N-ethyl adjacent to an activating group) is 1. The highest BCUT2D eigenvalue weighted by Gasteiger charge is 2.21. The molecule has 52 heavy (non-hydrogen) atoms. The predicted molar refractivity (Wildman–Crippen MR) is 213 cm³/mol. The van der Waals surface area contributed by atoms with Crippen molar-refractivity contribution in [1.29, 1.82) is 0 Å². The number of nitrogens with zero attached hydrogens (tertiary/aromatic N) is 1. The smallest absolute Gasteiger partial charge is 0.306 e. The van der Waals surface area contributed by atoms with Gasteiger partial charge in [-0.25, -0.2) is 0 Å². The molecule has 0 aromatic heterocycles. The van der Waals surface area contributed by atoms with E-state index in [0.717, 1.165) is 77.0 Å². The van der Waals surface area contributed by atoms with Gasteiger partial charge in [0.25, 0.3) is 7.82 Å². The first kappa shape index (κ1) is 50.5. The molecule has 0 rings (SSSR count). The number of esters is 2. The van der Waals surface area contributed by atoms with Gasteiger partial charge in [-0.15, -0.1) is 0 Å². The summed E-state index contributed by atoms with van der Waals surface area (Å²) in [6.07, 6.45) is 36.3. The fourth-order valence-corrected chi connectivity index (χ4v) is 6.31. The third-order valence-corrected chi connectivity index (χ3v) is 9.91. The van der Waals surface area contributed by atoms with E-state index < -0.39 is 32.5 Å². The molecule has 0 amide bonds. The van der Waals surface area contributed by atoms with Crippen molar-refractivity contribution < 1.29 is 42.1 Å². The van der Waals surface area contributed by atoms with E-state index >= 15 is 0 Å². The predicted octanol–water partition coefficient (Wildman–Crippen LogP) is 10.9. The molecule has 0 aliphatic rings. The van der Waals surface area contributed by atoms with Gasteiger partial charge < -0.3 is 27.9 Å². The number of carbonyl (C=O) groups is 2. The molecule has 306 valence electrons. The zero-order chi connectivity index (χ0) is 38.6. The van der Waals surface area contributed by atoms with Crippen molar-refractivity contribution in [3.8, 4) is 0 Å². The Kier molecular flexibility index (Phi) is 34.2. The summed E-state index contributed by atoms with van der Waals surface area (Å²) in [7, 11) is 1.16. The minimum atomic E-state index is -4.62. The Hall–Kier alpha value is -1.51. The maximum atomic E-state index is 12.6. The first-order valence-corrected chi connectivity index (χ1v) is 22.5. The molecule has 0 spiro atoms. The summed E-state index contributed by atoms with van der Waals surface area (Å²) in [6.45, 7) is 4.18. The SMILES string of the molecule is CCCCC/C=C\CCCCCCCC(=O)O[C@H](COC(=O)CCCCCCC/C=C\CCCCCCCCC)COP(=O)([O-])OCC[N+](C)(C)C. The number of rotatable bonds is 38. The second kappa shape index (κ2) is 35.2. The van der Waals surface area contributed by atoms with Gasteiger partial charge in [0.1, 0.15) is 19.8 Å². The molecule has 0 saturated carbocycles. The molecule has 0 aliphatic heterocycles. The van der Waals surface area contributed by atoms with Crippen LogP contribution in [0.3, 0.4) is 0 Å². The summed E-state index contributed by atoms with van der Waals surface area (Å²) in [5.74, 6) is -0.853. The van der Waals surface area contributed by atoms with E-state index in [1.807, 2.05) is 21.1 Å². The monoisotopic (exact) mass is 758 g/mol. The summed E-state index contributed by atoms with van der Waals surface area (Å²) in [5.41, 5.74) is 0. The number of ether oxygens (including phenoxy) is 2. The van der Waals surface area contributed by atoms with Crippen molar-refractivity contribution in [2.45, 2.75) is 187 Å². The zero-order valence-electron chi connectivity index (χ0n) is 34.3. The van der Waals surface area contributed by atoms with Crippen LogP contribution in [0.15, 0.2) is 24.3 Å². The van der Waals surface area contributed by atoms with E-state index in [2.05, 4.69) is 38.2 Å². The van der Waals surface area contributed by atoms with Crippen LogP contribution in [0.25, 0.3) is 0 Å². The highest BCUT2D eigenvalue weighted by molar-refractivity contribution is 7.45. The van der Waals surface area contributed by atoms with E-state index in [-0.39, 0.29) is 26.1 Å². The fourth-order valence-electron chi connectivity index (χ4n) is 5.58.